The van der Waals surface area contributed by atoms with E-state index in [1.807, 2.05) is 0 Å². The van der Waals surface area contributed by atoms with Crippen molar-refractivity contribution in [3.8, 4) is 0 Å². The van der Waals surface area contributed by atoms with Crippen molar-refractivity contribution in [2.45, 2.75) is 82.9 Å². The summed E-state index contributed by atoms with van der Waals surface area (Å²) in [4.78, 5) is 38.3. The molecule has 9 heteroatoms. The normalized spacial score (nSPS) is 35.0. The minimum Gasteiger partial charge on any atom is -0.466 e. The van der Waals surface area contributed by atoms with Crippen molar-refractivity contribution < 1.29 is 42.8 Å². The summed E-state index contributed by atoms with van der Waals surface area (Å²) >= 11 is 0. The van der Waals surface area contributed by atoms with E-state index in [1.54, 1.807) is 13.8 Å². The van der Waals surface area contributed by atoms with Gasteiger partial charge in [-0.1, -0.05) is 0 Å². The van der Waals surface area contributed by atoms with Gasteiger partial charge in [0.2, 0.25) is 5.79 Å². The molecule has 3 saturated heterocycles. The number of ether oxygens (including phenoxy) is 6. The van der Waals surface area contributed by atoms with Crippen LogP contribution in [0.4, 0.5) is 0 Å². The van der Waals surface area contributed by atoms with Crippen molar-refractivity contribution in [1.82, 2.24) is 0 Å². The Bertz CT molecular complexity index is 649. The highest BCUT2D eigenvalue weighted by molar-refractivity contribution is 5.90. The van der Waals surface area contributed by atoms with Gasteiger partial charge in [0.1, 0.15) is 5.92 Å². The lowest BCUT2D eigenvalue weighted by molar-refractivity contribution is -0.458. The van der Waals surface area contributed by atoms with Gasteiger partial charge in [-0.05, 0) is 46.5 Å². The third-order valence-electron chi connectivity index (χ3n) is 6.00. The molecule has 0 aromatic heterocycles. The van der Waals surface area contributed by atoms with E-state index in [9.17, 15) is 14.4 Å². The summed E-state index contributed by atoms with van der Waals surface area (Å²) in [6.07, 6.45) is 3.80. The zero-order chi connectivity index (χ0) is 21.8. The van der Waals surface area contributed by atoms with Crippen LogP contribution in [0, 0.1) is 5.92 Å². The van der Waals surface area contributed by atoms with Gasteiger partial charge in [-0.2, -0.15) is 0 Å². The third kappa shape index (κ3) is 4.07. The van der Waals surface area contributed by atoms with Gasteiger partial charge in [0.15, 0.2) is 5.60 Å². The zero-order valence-electron chi connectivity index (χ0n) is 18.0. The number of hydrogen-bond acceptors (Lipinski definition) is 9. The van der Waals surface area contributed by atoms with Crippen molar-refractivity contribution >= 4 is 17.9 Å². The van der Waals surface area contributed by atoms with Crippen LogP contribution in [-0.2, 0) is 42.8 Å². The Balaban J connectivity index is 1.97. The molecule has 9 nitrogen and oxygen atoms in total. The molecule has 3 heterocycles. The molecule has 0 N–H and O–H groups in total. The topological polar surface area (TPSA) is 107 Å². The first-order valence-corrected chi connectivity index (χ1v) is 10.9. The van der Waals surface area contributed by atoms with Crippen LogP contribution in [-0.4, -0.2) is 61.5 Å². The van der Waals surface area contributed by atoms with Crippen molar-refractivity contribution in [3.05, 3.63) is 0 Å². The standard InChI is InChI=1S/C21H32O9/c1-4-25-16(22)14-15(17(23)26-5-2)19(3)18(24)29-20(10-6-8-12-27-20)21(30-19)11-7-9-13-28-21/h15H,4-14H2,1-3H3/t15-,19-,20+,21+/m1/s1. The largest absolute Gasteiger partial charge is 0.466 e. The summed E-state index contributed by atoms with van der Waals surface area (Å²) in [5.41, 5.74) is -1.79. The Morgan fingerprint density at radius 3 is 2.10 bits per heavy atom. The Morgan fingerprint density at radius 1 is 0.967 bits per heavy atom. The number of carbonyl (C=O) groups excluding carboxylic acids is 3. The average molecular weight is 428 g/mol. The van der Waals surface area contributed by atoms with Crippen molar-refractivity contribution in [2.75, 3.05) is 26.4 Å². The first-order chi connectivity index (χ1) is 14.3. The summed E-state index contributed by atoms with van der Waals surface area (Å²) in [6, 6.07) is 0. The number of carbonyl (C=O) groups is 3. The SMILES string of the molecule is CCOC(=O)C[C@H](C(=O)OCC)[C@@]1(C)O[C@@]2(CCCCO2)[C@]2(CCCCO2)OC1=O. The molecule has 0 aliphatic carbocycles. The first kappa shape index (κ1) is 23.0. The molecule has 170 valence electrons. The van der Waals surface area contributed by atoms with Gasteiger partial charge in [0.05, 0.1) is 32.8 Å². The molecule has 0 amide bonds. The molecule has 0 unspecified atom stereocenters. The molecule has 4 atom stereocenters. The van der Waals surface area contributed by atoms with E-state index in [-0.39, 0.29) is 19.6 Å². The molecule has 0 saturated carbocycles. The van der Waals surface area contributed by atoms with Crippen LogP contribution in [0.25, 0.3) is 0 Å². The predicted octanol–water partition coefficient (Wildman–Crippen LogP) is 2.24. The van der Waals surface area contributed by atoms with Gasteiger partial charge >= 0.3 is 17.9 Å². The van der Waals surface area contributed by atoms with Gasteiger partial charge in [-0.25, -0.2) is 4.79 Å². The summed E-state index contributed by atoms with van der Waals surface area (Å²) in [7, 11) is 0. The Kier molecular flexibility index (Phi) is 7.04. The van der Waals surface area contributed by atoms with Crippen LogP contribution in [0.15, 0.2) is 0 Å². The monoisotopic (exact) mass is 428 g/mol. The lowest BCUT2D eigenvalue weighted by Crippen LogP contribution is -2.73. The Morgan fingerprint density at radius 2 is 1.57 bits per heavy atom. The molecule has 0 aromatic rings. The van der Waals surface area contributed by atoms with Crippen LogP contribution < -0.4 is 0 Å². The highest BCUT2D eigenvalue weighted by Crippen LogP contribution is 2.52. The van der Waals surface area contributed by atoms with Crippen molar-refractivity contribution in [1.29, 1.82) is 0 Å². The van der Waals surface area contributed by atoms with E-state index in [4.69, 9.17) is 28.4 Å². The van der Waals surface area contributed by atoms with Crippen LogP contribution in [0.1, 0.15) is 65.7 Å². The van der Waals surface area contributed by atoms with E-state index >= 15 is 0 Å². The van der Waals surface area contributed by atoms with Crippen LogP contribution in [0.3, 0.4) is 0 Å². The molecule has 0 aromatic carbocycles. The highest BCUT2D eigenvalue weighted by atomic mass is 16.8. The molecule has 30 heavy (non-hydrogen) atoms. The minimum absolute atomic E-state index is 0.0952. The van der Waals surface area contributed by atoms with E-state index in [2.05, 4.69) is 0 Å². The number of rotatable bonds is 6. The lowest BCUT2D eigenvalue weighted by Gasteiger charge is -2.57. The second-order valence-corrected chi connectivity index (χ2v) is 8.03. The molecule has 3 rings (SSSR count). The minimum atomic E-state index is -1.79. The van der Waals surface area contributed by atoms with E-state index < -0.39 is 41.0 Å². The third-order valence-corrected chi connectivity index (χ3v) is 6.00. The summed E-state index contributed by atoms with van der Waals surface area (Å²) < 4.78 is 34.5. The molecule has 0 bridgehead atoms. The molecular formula is C21H32O9. The maximum atomic E-state index is 13.3. The van der Waals surface area contributed by atoms with Crippen molar-refractivity contribution in [2.24, 2.45) is 5.92 Å². The molecule has 3 aliphatic heterocycles. The van der Waals surface area contributed by atoms with Crippen LogP contribution >= 0.6 is 0 Å². The fourth-order valence-electron chi connectivity index (χ4n) is 4.44. The molecule has 3 fully saturated rings. The quantitative estimate of drug-likeness (QED) is 0.465. The summed E-state index contributed by atoms with van der Waals surface area (Å²) in [5.74, 6) is -6.06. The smallest absolute Gasteiger partial charge is 0.341 e. The number of fused-ring (bicyclic) bond motifs is 1. The van der Waals surface area contributed by atoms with Gasteiger partial charge in [-0.15, -0.1) is 0 Å². The highest BCUT2D eigenvalue weighted by Gasteiger charge is 2.70. The van der Waals surface area contributed by atoms with Gasteiger partial charge in [0, 0.05) is 12.8 Å². The predicted molar refractivity (Wildman–Crippen MR) is 102 cm³/mol. The Labute approximate surface area is 176 Å². The van der Waals surface area contributed by atoms with E-state index in [1.165, 1.54) is 6.92 Å². The zero-order valence-corrected chi connectivity index (χ0v) is 18.0. The fraction of sp³-hybridized carbons (Fsp3) is 0.857. The molecule has 2 spiro atoms. The molecule has 3 aliphatic rings. The van der Waals surface area contributed by atoms with Gasteiger partial charge in [-0.3, -0.25) is 9.59 Å². The van der Waals surface area contributed by atoms with Crippen LogP contribution in [0.5, 0.6) is 0 Å². The van der Waals surface area contributed by atoms with E-state index in [0.29, 0.717) is 26.1 Å². The van der Waals surface area contributed by atoms with Crippen LogP contribution in [0.2, 0.25) is 0 Å². The van der Waals surface area contributed by atoms with E-state index in [0.717, 1.165) is 25.7 Å². The molecule has 0 radical (unpaired) electrons. The summed E-state index contributed by atoms with van der Waals surface area (Å²) in [5, 5.41) is 0. The maximum Gasteiger partial charge on any atom is 0.341 e. The lowest BCUT2D eigenvalue weighted by atomic mass is 9.81. The van der Waals surface area contributed by atoms with Crippen molar-refractivity contribution in [3.63, 3.8) is 0 Å². The number of hydrogen-bond donors (Lipinski definition) is 0. The van der Waals surface area contributed by atoms with Gasteiger partial charge < -0.3 is 28.4 Å². The average Bonchev–Trinajstić information content (AvgIpc) is 2.72. The second-order valence-electron chi connectivity index (χ2n) is 8.03. The maximum absolute atomic E-state index is 13.3. The fourth-order valence-corrected chi connectivity index (χ4v) is 4.44. The van der Waals surface area contributed by atoms with Gasteiger partial charge in [0.25, 0.3) is 5.79 Å². The number of esters is 3. The molecular weight excluding hydrogens is 396 g/mol. The first-order valence-electron chi connectivity index (χ1n) is 10.9. The summed E-state index contributed by atoms with van der Waals surface area (Å²) in [6.45, 7) is 5.85. The Hall–Kier alpha value is -1.71. The second kappa shape index (κ2) is 9.20.